The molecular weight excluding hydrogens is 352 g/mol. The second-order valence-electron chi connectivity index (χ2n) is 10.9. The summed E-state index contributed by atoms with van der Waals surface area (Å²) in [6.07, 6.45) is 3.83. The summed E-state index contributed by atoms with van der Waals surface area (Å²) in [5.41, 5.74) is 4.26. The van der Waals surface area contributed by atoms with E-state index in [1.54, 1.807) is 0 Å². The Kier molecular flexibility index (Phi) is 5.94. The van der Waals surface area contributed by atoms with Gasteiger partial charge in [-0.1, -0.05) is 104 Å². The van der Waals surface area contributed by atoms with Crippen LogP contribution in [0.5, 0.6) is 0 Å². The predicted octanol–water partition coefficient (Wildman–Crippen LogP) is 6.58. The zero-order valence-corrected chi connectivity index (χ0v) is 19.5. The second kappa shape index (κ2) is 7.97. The third-order valence-corrected chi connectivity index (χ3v) is 5.94. The summed E-state index contributed by atoms with van der Waals surface area (Å²) in [4.78, 5) is 2.45. The molecule has 0 aromatic heterocycles. The molecule has 2 atom stereocenters. The van der Waals surface area contributed by atoms with Gasteiger partial charge < -0.3 is 0 Å². The first kappa shape index (κ1) is 21.6. The summed E-state index contributed by atoms with van der Waals surface area (Å²) < 4.78 is 2.46. The zero-order valence-electron chi connectivity index (χ0n) is 19.5. The van der Waals surface area contributed by atoms with Crippen molar-refractivity contribution in [3.8, 4) is 0 Å². The van der Waals surface area contributed by atoms with Crippen molar-refractivity contribution in [1.82, 2.24) is 0 Å². The minimum absolute atomic E-state index is 0.112. The quantitative estimate of drug-likeness (QED) is 0.535. The van der Waals surface area contributed by atoms with Crippen LogP contribution in [0, 0.1) is 10.8 Å². The maximum absolute atomic E-state index is 3.83. The lowest BCUT2D eigenvalue weighted by Crippen LogP contribution is -2.53. The molecule has 3 rings (SSSR count). The maximum Gasteiger partial charge on any atom is 0.369 e. The monoisotopic (exact) mass is 390 g/mol. The van der Waals surface area contributed by atoms with E-state index in [0.29, 0.717) is 18.0 Å². The SMILES string of the molecule is CC(C)c1ccccc1N1[C]=[N+](Cc2ccccc2)[C@H](C(C)(C)C)[C@H]1C(C)(C)C. The summed E-state index contributed by atoms with van der Waals surface area (Å²) in [5, 5.41) is 0. The van der Waals surface area contributed by atoms with Crippen molar-refractivity contribution in [1.29, 1.82) is 0 Å². The summed E-state index contributed by atoms with van der Waals surface area (Å²) in [7, 11) is 0. The number of rotatable bonds is 4. The highest BCUT2D eigenvalue weighted by molar-refractivity contribution is 5.81. The third-order valence-electron chi connectivity index (χ3n) is 5.94. The molecule has 2 heteroatoms. The van der Waals surface area contributed by atoms with Crippen molar-refractivity contribution in [2.24, 2.45) is 10.8 Å². The molecule has 0 spiro atoms. The number of anilines is 1. The Morgan fingerprint density at radius 3 is 2.00 bits per heavy atom. The van der Waals surface area contributed by atoms with Gasteiger partial charge in [-0.3, -0.25) is 0 Å². The van der Waals surface area contributed by atoms with Gasteiger partial charge in [0.1, 0.15) is 24.3 Å². The van der Waals surface area contributed by atoms with Crippen LogP contribution in [-0.2, 0) is 6.54 Å². The van der Waals surface area contributed by atoms with Gasteiger partial charge in [-0.25, -0.2) is 9.48 Å². The zero-order chi connectivity index (χ0) is 21.4. The van der Waals surface area contributed by atoms with Crippen LogP contribution in [0.4, 0.5) is 5.69 Å². The van der Waals surface area contributed by atoms with Gasteiger partial charge in [0, 0.05) is 16.4 Å². The van der Waals surface area contributed by atoms with Crippen LogP contribution in [0.1, 0.15) is 72.4 Å². The predicted molar refractivity (Wildman–Crippen MR) is 125 cm³/mol. The molecule has 0 saturated heterocycles. The number of para-hydroxylation sites is 1. The normalized spacial score (nSPS) is 20.3. The fourth-order valence-corrected chi connectivity index (χ4v) is 4.69. The molecule has 2 aromatic rings. The van der Waals surface area contributed by atoms with Crippen LogP contribution < -0.4 is 4.90 Å². The Morgan fingerprint density at radius 1 is 0.862 bits per heavy atom. The lowest BCUT2D eigenvalue weighted by atomic mass is 9.72. The Morgan fingerprint density at radius 2 is 1.45 bits per heavy atom. The molecule has 1 radical (unpaired) electrons. The van der Waals surface area contributed by atoms with E-state index < -0.39 is 0 Å². The highest BCUT2D eigenvalue weighted by Gasteiger charge is 2.55. The van der Waals surface area contributed by atoms with E-state index in [4.69, 9.17) is 0 Å². The molecule has 0 saturated carbocycles. The molecule has 0 bridgehead atoms. The third kappa shape index (κ3) is 4.57. The largest absolute Gasteiger partial charge is 0.369 e. The van der Waals surface area contributed by atoms with Crippen LogP contribution in [0.2, 0.25) is 0 Å². The van der Waals surface area contributed by atoms with E-state index in [0.717, 1.165) is 6.54 Å². The Hall–Kier alpha value is -2.09. The molecule has 0 amide bonds. The van der Waals surface area contributed by atoms with E-state index >= 15 is 0 Å². The van der Waals surface area contributed by atoms with Gasteiger partial charge in [0.05, 0.1) is 0 Å². The van der Waals surface area contributed by atoms with Gasteiger partial charge in [0.2, 0.25) is 0 Å². The molecule has 1 heterocycles. The van der Waals surface area contributed by atoms with Crippen molar-refractivity contribution < 1.29 is 4.58 Å². The summed E-state index contributed by atoms with van der Waals surface area (Å²) >= 11 is 0. The molecule has 29 heavy (non-hydrogen) atoms. The van der Waals surface area contributed by atoms with Crippen LogP contribution in [-0.4, -0.2) is 23.0 Å². The van der Waals surface area contributed by atoms with Crippen molar-refractivity contribution in [2.45, 2.75) is 79.9 Å². The van der Waals surface area contributed by atoms with E-state index in [1.807, 2.05) is 0 Å². The Balaban J connectivity index is 2.15. The topological polar surface area (TPSA) is 6.25 Å². The first-order valence-corrected chi connectivity index (χ1v) is 10.9. The number of nitrogens with zero attached hydrogens (tertiary/aromatic N) is 2. The van der Waals surface area contributed by atoms with Gasteiger partial charge in [0.15, 0.2) is 0 Å². The van der Waals surface area contributed by atoms with E-state index in [-0.39, 0.29) is 10.8 Å². The minimum atomic E-state index is 0.112. The molecule has 0 aliphatic carbocycles. The molecule has 155 valence electrons. The standard InChI is InChI=1S/C27H38N2/c1-20(2)22-16-12-13-17-23(22)29-19-28(18-21-14-10-9-11-15-21)24(26(3,4)5)25(29)27(6,7)8/h9-17,20,24-25H,18H2,1-8H3/q+1/t24-,25-/m0/s1. The smallest absolute Gasteiger partial charge is 0.243 e. The second-order valence-corrected chi connectivity index (χ2v) is 10.9. The minimum Gasteiger partial charge on any atom is -0.243 e. The number of hydrogen-bond acceptors (Lipinski definition) is 1. The van der Waals surface area contributed by atoms with Crippen LogP contribution in [0.15, 0.2) is 54.6 Å². The molecule has 2 aromatic carbocycles. The van der Waals surface area contributed by atoms with Crippen LogP contribution in [0.25, 0.3) is 0 Å². The van der Waals surface area contributed by atoms with Gasteiger partial charge in [0.25, 0.3) is 0 Å². The lowest BCUT2D eigenvalue weighted by molar-refractivity contribution is -0.588. The fraction of sp³-hybridized carbons (Fsp3) is 0.519. The van der Waals surface area contributed by atoms with Crippen LogP contribution >= 0.6 is 0 Å². The first-order valence-electron chi connectivity index (χ1n) is 10.9. The molecule has 1 aliphatic heterocycles. The van der Waals surface area contributed by atoms with E-state index in [2.05, 4.69) is 126 Å². The van der Waals surface area contributed by atoms with Crippen molar-refractivity contribution in [2.75, 3.05) is 4.90 Å². The highest BCUT2D eigenvalue weighted by atomic mass is 15.3. The summed E-state index contributed by atoms with van der Waals surface area (Å²) in [6, 6.07) is 20.4. The van der Waals surface area contributed by atoms with Crippen molar-refractivity contribution in [3.05, 3.63) is 65.7 Å². The Labute approximate surface area is 178 Å². The van der Waals surface area contributed by atoms with Crippen molar-refractivity contribution in [3.63, 3.8) is 0 Å². The van der Waals surface area contributed by atoms with Gasteiger partial charge in [-0.2, -0.15) is 0 Å². The summed E-state index contributed by atoms with van der Waals surface area (Å²) in [6.45, 7) is 19.7. The van der Waals surface area contributed by atoms with Gasteiger partial charge >= 0.3 is 6.34 Å². The molecule has 0 fully saturated rings. The lowest BCUT2D eigenvalue weighted by Gasteiger charge is -2.39. The van der Waals surface area contributed by atoms with Gasteiger partial charge in [-0.15, -0.1) is 0 Å². The fourth-order valence-electron chi connectivity index (χ4n) is 4.69. The van der Waals surface area contributed by atoms with Crippen molar-refractivity contribution >= 4 is 12.0 Å². The first-order chi connectivity index (χ1) is 13.5. The summed E-state index contributed by atoms with van der Waals surface area (Å²) in [5.74, 6) is 0.477. The number of benzene rings is 2. The molecule has 2 nitrogen and oxygen atoms in total. The highest BCUT2D eigenvalue weighted by Crippen LogP contribution is 2.42. The molecular formula is C27H38N2+. The van der Waals surface area contributed by atoms with Gasteiger partial charge in [-0.05, 0) is 17.5 Å². The average molecular weight is 391 g/mol. The molecule has 1 aliphatic rings. The van der Waals surface area contributed by atoms with E-state index in [9.17, 15) is 0 Å². The number of hydrogen-bond donors (Lipinski definition) is 0. The van der Waals surface area contributed by atoms with E-state index in [1.165, 1.54) is 16.8 Å². The molecule has 0 unspecified atom stereocenters. The Bertz CT molecular complexity index is 850. The molecule has 0 N–H and O–H groups in total. The average Bonchev–Trinajstić information content (AvgIpc) is 3.02. The maximum atomic E-state index is 3.83. The van der Waals surface area contributed by atoms with Crippen LogP contribution in [0.3, 0.4) is 0 Å².